The maximum Gasteiger partial charge on any atom is 0.0622 e. The van der Waals surface area contributed by atoms with Crippen LogP contribution < -0.4 is 5.73 Å². The molecule has 2 aliphatic rings. The Balaban J connectivity index is 1.77. The van der Waals surface area contributed by atoms with E-state index in [1.807, 2.05) is 0 Å². The molecule has 0 bridgehead atoms. The molecule has 0 aromatic heterocycles. The number of nitrogens with two attached hydrogens (primary N) is 1. The lowest BCUT2D eigenvalue weighted by Crippen LogP contribution is -2.54. The number of hydrogen-bond acceptors (Lipinski definition) is 4. The van der Waals surface area contributed by atoms with Crippen molar-refractivity contribution in [2.24, 2.45) is 11.7 Å². The van der Waals surface area contributed by atoms with Gasteiger partial charge in [-0.2, -0.15) is 0 Å². The van der Waals surface area contributed by atoms with Gasteiger partial charge < -0.3 is 15.4 Å². The topological polar surface area (TPSA) is 41.7 Å². The highest BCUT2D eigenvalue weighted by atomic mass is 16.5. The summed E-state index contributed by atoms with van der Waals surface area (Å²) in [4.78, 5) is 4.96. The standard InChI is InChI=1S/C11H23N3O/c1-13-6-10(7-13)8-14-4-5-15-9-11(14)2-3-12/h10-11H,2-9,12H2,1H3. The first-order valence-corrected chi connectivity index (χ1v) is 6.00. The summed E-state index contributed by atoms with van der Waals surface area (Å²) in [7, 11) is 2.19. The normalized spacial score (nSPS) is 30.4. The van der Waals surface area contributed by atoms with Crippen LogP contribution in [0.2, 0.25) is 0 Å². The minimum Gasteiger partial charge on any atom is -0.378 e. The summed E-state index contributed by atoms with van der Waals surface area (Å²) in [6, 6.07) is 0.564. The number of nitrogens with zero attached hydrogens (tertiary/aromatic N) is 2. The van der Waals surface area contributed by atoms with E-state index < -0.39 is 0 Å². The number of ether oxygens (including phenoxy) is 1. The van der Waals surface area contributed by atoms with Gasteiger partial charge in [-0.05, 0) is 25.9 Å². The Hall–Kier alpha value is -0.160. The fourth-order valence-corrected chi connectivity index (χ4v) is 2.66. The van der Waals surface area contributed by atoms with Crippen molar-refractivity contribution in [1.29, 1.82) is 0 Å². The lowest BCUT2D eigenvalue weighted by Gasteiger charge is -2.43. The summed E-state index contributed by atoms with van der Waals surface area (Å²) in [5, 5.41) is 0. The number of hydrogen-bond donors (Lipinski definition) is 1. The van der Waals surface area contributed by atoms with E-state index in [9.17, 15) is 0 Å². The highest BCUT2D eigenvalue weighted by Gasteiger charge is 2.29. The minimum absolute atomic E-state index is 0.564. The Kier molecular flexibility index (Phi) is 3.97. The van der Waals surface area contributed by atoms with Gasteiger partial charge in [0.05, 0.1) is 13.2 Å². The molecule has 0 aromatic rings. The summed E-state index contributed by atoms with van der Waals surface area (Å²) < 4.78 is 5.51. The summed E-state index contributed by atoms with van der Waals surface area (Å²) in [6.45, 7) is 7.38. The van der Waals surface area contributed by atoms with Crippen LogP contribution >= 0.6 is 0 Å². The van der Waals surface area contributed by atoms with Crippen LogP contribution in [-0.2, 0) is 4.74 Å². The van der Waals surface area contributed by atoms with Crippen molar-refractivity contribution < 1.29 is 4.74 Å². The third kappa shape index (κ3) is 2.91. The first-order valence-electron chi connectivity index (χ1n) is 6.00. The molecule has 1 unspecified atom stereocenters. The molecule has 2 rings (SSSR count). The van der Waals surface area contributed by atoms with Gasteiger partial charge in [-0.15, -0.1) is 0 Å². The monoisotopic (exact) mass is 213 g/mol. The Bertz CT molecular complexity index is 192. The molecule has 1 atom stereocenters. The van der Waals surface area contributed by atoms with Crippen LogP contribution in [0.4, 0.5) is 0 Å². The van der Waals surface area contributed by atoms with Gasteiger partial charge in [0.15, 0.2) is 0 Å². The van der Waals surface area contributed by atoms with Gasteiger partial charge >= 0.3 is 0 Å². The van der Waals surface area contributed by atoms with Gasteiger partial charge in [0, 0.05) is 32.2 Å². The van der Waals surface area contributed by atoms with Gasteiger partial charge in [0.1, 0.15) is 0 Å². The maximum absolute atomic E-state index is 5.63. The molecule has 2 N–H and O–H groups in total. The first-order chi connectivity index (χ1) is 7.29. The molecule has 0 amide bonds. The van der Waals surface area contributed by atoms with E-state index in [-0.39, 0.29) is 0 Å². The smallest absolute Gasteiger partial charge is 0.0622 e. The van der Waals surface area contributed by atoms with Gasteiger partial charge in [-0.1, -0.05) is 0 Å². The number of morpholine rings is 1. The van der Waals surface area contributed by atoms with Crippen LogP contribution in [0.3, 0.4) is 0 Å². The van der Waals surface area contributed by atoms with Crippen LogP contribution in [0.15, 0.2) is 0 Å². The SMILES string of the molecule is CN1CC(CN2CCOCC2CCN)C1. The second-order valence-corrected chi connectivity index (χ2v) is 4.89. The van der Waals surface area contributed by atoms with Gasteiger partial charge in [-0.3, -0.25) is 4.90 Å². The van der Waals surface area contributed by atoms with Gasteiger partial charge in [0.2, 0.25) is 0 Å². The zero-order chi connectivity index (χ0) is 10.7. The molecule has 4 nitrogen and oxygen atoms in total. The van der Waals surface area contributed by atoms with E-state index in [4.69, 9.17) is 10.5 Å². The Morgan fingerprint density at radius 2 is 2.20 bits per heavy atom. The zero-order valence-electron chi connectivity index (χ0n) is 9.69. The number of likely N-dealkylation sites (tertiary alicyclic amines) is 1. The van der Waals surface area contributed by atoms with E-state index in [2.05, 4.69) is 16.8 Å². The van der Waals surface area contributed by atoms with Crippen molar-refractivity contribution in [2.75, 3.05) is 53.0 Å². The summed E-state index contributed by atoms with van der Waals surface area (Å²) >= 11 is 0. The van der Waals surface area contributed by atoms with Crippen LogP contribution in [0.5, 0.6) is 0 Å². The zero-order valence-corrected chi connectivity index (χ0v) is 9.69. The van der Waals surface area contributed by atoms with Gasteiger partial charge in [-0.25, -0.2) is 0 Å². The van der Waals surface area contributed by atoms with Crippen molar-refractivity contribution in [2.45, 2.75) is 12.5 Å². The van der Waals surface area contributed by atoms with E-state index >= 15 is 0 Å². The fraction of sp³-hybridized carbons (Fsp3) is 1.00. The predicted molar refractivity (Wildman–Crippen MR) is 60.8 cm³/mol. The van der Waals surface area contributed by atoms with Crippen molar-refractivity contribution in [3.63, 3.8) is 0 Å². The summed E-state index contributed by atoms with van der Waals surface area (Å²) in [5.41, 5.74) is 5.63. The molecule has 0 aliphatic carbocycles. The van der Waals surface area contributed by atoms with Crippen LogP contribution in [0, 0.1) is 5.92 Å². The Morgan fingerprint density at radius 3 is 2.87 bits per heavy atom. The molecule has 0 radical (unpaired) electrons. The third-order valence-corrected chi connectivity index (χ3v) is 3.48. The average molecular weight is 213 g/mol. The molecule has 2 heterocycles. The minimum atomic E-state index is 0.564. The summed E-state index contributed by atoms with van der Waals surface area (Å²) in [5.74, 6) is 0.869. The molecule has 2 aliphatic heterocycles. The molecule has 4 heteroatoms. The summed E-state index contributed by atoms with van der Waals surface area (Å²) in [6.07, 6.45) is 1.07. The molecule has 15 heavy (non-hydrogen) atoms. The van der Waals surface area contributed by atoms with Crippen molar-refractivity contribution in [1.82, 2.24) is 9.80 Å². The Labute approximate surface area is 92.4 Å². The maximum atomic E-state index is 5.63. The molecule has 2 saturated heterocycles. The van der Waals surface area contributed by atoms with Crippen molar-refractivity contribution in [3.8, 4) is 0 Å². The second kappa shape index (κ2) is 5.25. The van der Waals surface area contributed by atoms with Crippen LogP contribution in [-0.4, -0.2) is 68.8 Å². The first kappa shape index (κ1) is 11.3. The van der Waals surface area contributed by atoms with Crippen molar-refractivity contribution in [3.05, 3.63) is 0 Å². The lowest BCUT2D eigenvalue weighted by molar-refractivity contribution is -0.0296. The second-order valence-electron chi connectivity index (χ2n) is 4.89. The molecule has 0 aromatic carbocycles. The van der Waals surface area contributed by atoms with Crippen LogP contribution in [0.25, 0.3) is 0 Å². The van der Waals surface area contributed by atoms with E-state index in [0.29, 0.717) is 6.04 Å². The highest BCUT2D eigenvalue weighted by Crippen LogP contribution is 2.18. The third-order valence-electron chi connectivity index (χ3n) is 3.48. The molecule has 0 saturated carbocycles. The van der Waals surface area contributed by atoms with E-state index in [1.54, 1.807) is 0 Å². The molecule has 88 valence electrons. The molecule has 0 spiro atoms. The molecule has 2 fully saturated rings. The van der Waals surface area contributed by atoms with Gasteiger partial charge in [0.25, 0.3) is 0 Å². The predicted octanol–water partition coefficient (Wildman–Crippen LogP) is -0.402. The number of rotatable bonds is 4. The van der Waals surface area contributed by atoms with E-state index in [1.165, 1.54) is 19.6 Å². The quantitative estimate of drug-likeness (QED) is 0.690. The molecular formula is C11H23N3O. The van der Waals surface area contributed by atoms with Crippen molar-refractivity contribution >= 4 is 0 Å². The van der Waals surface area contributed by atoms with E-state index in [0.717, 1.165) is 38.6 Å². The molecular weight excluding hydrogens is 190 g/mol. The lowest BCUT2D eigenvalue weighted by atomic mass is 9.99. The van der Waals surface area contributed by atoms with Crippen LogP contribution in [0.1, 0.15) is 6.42 Å². The fourth-order valence-electron chi connectivity index (χ4n) is 2.66. The largest absolute Gasteiger partial charge is 0.378 e. The Morgan fingerprint density at radius 1 is 1.40 bits per heavy atom. The highest BCUT2D eigenvalue weighted by molar-refractivity contribution is 4.84. The average Bonchev–Trinajstić information content (AvgIpc) is 2.19.